The van der Waals surface area contributed by atoms with Gasteiger partial charge in [0.25, 0.3) is 0 Å². The molecule has 3 aromatic rings. The highest BCUT2D eigenvalue weighted by molar-refractivity contribution is 5.87. The van der Waals surface area contributed by atoms with Crippen LogP contribution in [0, 0.1) is 12.3 Å². The van der Waals surface area contributed by atoms with Gasteiger partial charge in [-0.05, 0) is 63.0 Å². The molecule has 7 rings (SSSR count). The van der Waals surface area contributed by atoms with E-state index >= 15 is 0 Å². The van der Waals surface area contributed by atoms with Gasteiger partial charge in [-0.3, -0.25) is 0 Å². The van der Waals surface area contributed by atoms with Crippen LogP contribution < -0.4 is 9.47 Å². The van der Waals surface area contributed by atoms with Gasteiger partial charge in [0, 0.05) is 28.0 Å². The lowest BCUT2D eigenvalue weighted by Gasteiger charge is -2.64. The fourth-order valence-corrected chi connectivity index (χ4v) is 7.69. The Labute approximate surface area is 183 Å². The van der Waals surface area contributed by atoms with Gasteiger partial charge in [0.1, 0.15) is 11.5 Å². The Hall–Kier alpha value is -2.59. The van der Waals surface area contributed by atoms with Crippen molar-refractivity contribution < 1.29 is 9.47 Å². The molecule has 2 aliphatic carbocycles. The standard InChI is InChI=1S/C27H28N2O2/c1-15-9-10-16-13-20-26(2)14-18-22(28-19-8-6-5-7-17(19)24(18)30-4)25-27(26,11-12-29(20)3)21(16)23(15)31-25/h5-10,20,25H,11-14H2,1-4H3/t20-,25?,26-,27-/m0/s1. The lowest BCUT2D eigenvalue weighted by atomic mass is 9.44. The molecule has 1 saturated heterocycles. The number of likely N-dealkylation sites (N-methyl/N-ethyl adjacent to an activating group) is 1. The number of hydrogen-bond acceptors (Lipinski definition) is 4. The van der Waals surface area contributed by atoms with Gasteiger partial charge in [-0.1, -0.05) is 31.2 Å². The molecule has 1 aromatic heterocycles. The summed E-state index contributed by atoms with van der Waals surface area (Å²) in [5.41, 5.74) is 7.61. The minimum absolute atomic E-state index is 0.0212. The third-order valence-corrected chi connectivity index (χ3v) is 9.10. The lowest BCUT2D eigenvalue weighted by molar-refractivity contribution is -0.0913. The van der Waals surface area contributed by atoms with Crippen molar-refractivity contribution in [1.82, 2.24) is 9.88 Å². The maximum absolute atomic E-state index is 6.95. The average molecular weight is 413 g/mol. The summed E-state index contributed by atoms with van der Waals surface area (Å²) in [6.45, 7) is 5.81. The molecule has 2 aliphatic heterocycles. The van der Waals surface area contributed by atoms with Crippen LogP contribution in [0.1, 0.15) is 47.4 Å². The first-order valence-corrected chi connectivity index (χ1v) is 11.4. The molecule has 1 fully saturated rings. The van der Waals surface area contributed by atoms with E-state index in [1.54, 1.807) is 7.11 Å². The van der Waals surface area contributed by atoms with Crippen LogP contribution >= 0.6 is 0 Å². The SMILES string of the molecule is COc1c2c(nc3ccccc13)C1Oc3c(C)ccc4c3[C@@]13CCN(C)[C@@H](C4)[C@]3(C)C2. The van der Waals surface area contributed by atoms with Crippen molar-refractivity contribution in [2.45, 2.75) is 50.7 Å². The molecular weight excluding hydrogens is 384 g/mol. The van der Waals surface area contributed by atoms with Gasteiger partial charge in [0.05, 0.1) is 23.7 Å². The van der Waals surface area contributed by atoms with Crippen LogP contribution in [0.3, 0.4) is 0 Å². The third kappa shape index (κ3) is 1.87. The van der Waals surface area contributed by atoms with Crippen LogP contribution in [0.15, 0.2) is 36.4 Å². The monoisotopic (exact) mass is 412 g/mol. The molecule has 3 heterocycles. The number of ether oxygens (including phenoxy) is 2. The van der Waals surface area contributed by atoms with Gasteiger partial charge in [-0.2, -0.15) is 0 Å². The summed E-state index contributed by atoms with van der Waals surface area (Å²) in [6, 6.07) is 13.5. The van der Waals surface area contributed by atoms with Gasteiger partial charge >= 0.3 is 0 Å². The molecule has 4 nitrogen and oxygen atoms in total. The lowest BCUT2D eigenvalue weighted by Crippen LogP contribution is -2.68. The highest BCUT2D eigenvalue weighted by Gasteiger charge is 2.70. The summed E-state index contributed by atoms with van der Waals surface area (Å²) in [5.74, 6) is 2.11. The summed E-state index contributed by atoms with van der Waals surface area (Å²) in [5, 5.41) is 1.10. The fourth-order valence-electron chi connectivity index (χ4n) is 7.69. The molecule has 31 heavy (non-hydrogen) atoms. The molecule has 1 unspecified atom stereocenters. The number of nitrogens with zero attached hydrogens (tertiary/aromatic N) is 2. The molecule has 4 aliphatic rings. The molecule has 0 N–H and O–H groups in total. The Bertz CT molecular complexity index is 1280. The van der Waals surface area contributed by atoms with Crippen LogP contribution in [0.5, 0.6) is 11.5 Å². The topological polar surface area (TPSA) is 34.6 Å². The largest absolute Gasteiger partial charge is 0.496 e. The van der Waals surface area contributed by atoms with Crippen LogP contribution in [-0.4, -0.2) is 36.6 Å². The van der Waals surface area contributed by atoms with Gasteiger partial charge in [0.2, 0.25) is 0 Å². The first-order valence-electron chi connectivity index (χ1n) is 11.4. The molecule has 0 radical (unpaired) electrons. The van der Waals surface area contributed by atoms with Gasteiger partial charge in [-0.15, -0.1) is 0 Å². The number of benzene rings is 2. The van der Waals surface area contributed by atoms with E-state index < -0.39 is 0 Å². The van der Waals surface area contributed by atoms with Crippen molar-refractivity contribution in [1.29, 1.82) is 0 Å². The van der Waals surface area contributed by atoms with E-state index in [0.29, 0.717) is 6.04 Å². The molecule has 2 aromatic carbocycles. The summed E-state index contributed by atoms with van der Waals surface area (Å²) in [6.07, 6.45) is 3.13. The van der Waals surface area contributed by atoms with Gasteiger partial charge in [-0.25, -0.2) is 4.98 Å². The Morgan fingerprint density at radius 2 is 2.03 bits per heavy atom. The molecule has 2 bridgehead atoms. The van der Waals surface area contributed by atoms with Crippen molar-refractivity contribution in [3.63, 3.8) is 0 Å². The van der Waals surface area contributed by atoms with Crippen LogP contribution in [0.25, 0.3) is 10.9 Å². The molecule has 0 saturated carbocycles. The number of hydrogen-bond donors (Lipinski definition) is 0. The van der Waals surface area contributed by atoms with Crippen molar-refractivity contribution in [3.8, 4) is 11.5 Å². The third-order valence-electron chi connectivity index (χ3n) is 9.10. The van der Waals surface area contributed by atoms with E-state index in [0.717, 1.165) is 53.9 Å². The second-order valence-corrected chi connectivity index (χ2v) is 10.3. The number of likely N-dealkylation sites (tertiary alicyclic amines) is 1. The zero-order valence-electron chi connectivity index (χ0n) is 18.7. The second-order valence-electron chi connectivity index (χ2n) is 10.3. The van der Waals surface area contributed by atoms with E-state index in [9.17, 15) is 0 Å². The molecule has 158 valence electrons. The molecule has 4 atom stereocenters. The molecule has 4 heteroatoms. The highest BCUT2D eigenvalue weighted by atomic mass is 16.5. The Balaban J connectivity index is 1.61. The minimum Gasteiger partial charge on any atom is -0.496 e. The number of pyridine rings is 1. The van der Waals surface area contributed by atoms with Crippen LogP contribution in [0.2, 0.25) is 0 Å². The zero-order chi connectivity index (χ0) is 21.1. The Morgan fingerprint density at radius 1 is 1.19 bits per heavy atom. The van der Waals surface area contributed by atoms with Gasteiger partial charge < -0.3 is 14.4 Å². The maximum Gasteiger partial charge on any atom is 0.151 e. The second kappa shape index (κ2) is 5.60. The predicted molar refractivity (Wildman–Crippen MR) is 121 cm³/mol. The number of rotatable bonds is 1. The number of piperidine rings is 1. The van der Waals surface area contributed by atoms with Crippen LogP contribution in [0.4, 0.5) is 0 Å². The fraction of sp³-hybridized carbons (Fsp3) is 0.444. The van der Waals surface area contributed by atoms with Crippen LogP contribution in [-0.2, 0) is 18.3 Å². The van der Waals surface area contributed by atoms with E-state index in [-0.39, 0.29) is 16.9 Å². The quantitative estimate of drug-likeness (QED) is 0.578. The normalized spacial score (nSPS) is 32.4. The number of aromatic nitrogens is 1. The van der Waals surface area contributed by atoms with Crippen molar-refractivity contribution >= 4 is 10.9 Å². The molecule has 0 amide bonds. The first kappa shape index (κ1) is 18.0. The maximum atomic E-state index is 6.95. The Morgan fingerprint density at radius 3 is 2.87 bits per heavy atom. The van der Waals surface area contributed by atoms with E-state index in [1.807, 2.05) is 0 Å². The predicted octanol–water partition coefficient (Wildman–Crippen LogP) is 4.75. The summed E-state index contributed by atoms with van der Waals surface area (Å²) in [7, 11) is 4.11. The first-order chi connectivity index (χ1) is 15.0. The van der Waals surface area contributed by atoms with Crippen molar-refractivity contribution in [2.75, 3.05) is 20.7 Å². The number of methoxy groups -OCH3 is 1. The van der Waals surface area contributed by atoms with E-state index in [1.165, 1.54) is 22.3 Å². The van der Waals surface area contributed by atoms with Crippen molar-refractivity contribution in [2.24, 2.45) is 5.41 Å². The molecular formula is C27H28N2O2. The van der Waals surface area contributed by atoms with Crippen molar-refractivity contribution in [3.05, 3.63) is 64.3 Å². The van der Waals surface area contributed by atoms with E-state index in [2.05, 4.69) is 62.2 Å². The minimum atomic E-state index is -0.0499. The highest BCUT2D eigenvalue weighted by Crippen LogP contribution is 2.71. The zero-order valence-corrected chi connectivity index (χ0v) is 18.7. The number of para-hydroxylation sites is 1. The summed E-state index contributed by atoms with van der Waals surface area (Å²) >= 11 is 0. The Kier molecular flexibility index (Phi) is 3.26. The average Bonchev–Trinajstić information content (AvgIpc) is 3.12. The summed E-state index contributed by atoms with van der Waals surface area (Å²) in [4.78, 5) is 7.83. The summed E-state index contributed by atoms with van der Waals surface area (Å²) < 4.78 is 13.0. The van der Waals surface area contributed by atoms with Gasteiger partial charge in [0.15, 0.2) is 6.10 Å². The number of fused-ring (bicyclic) bond motifs is 3. The smallest absolute Gasteiger partial charge is 0.151 e. The number of aryl methyl sites for hydroxylation is 1. The molecule has 1 spiro atoms. The van der Waals surface area contributed by atoms with E-state index in [4.69, 9.17) is 14.5 Å².